The molecule has 1 fully saturated rings. The molecule has 0 bridgehead atoms. The zero-order valence-corrected chi connectivity index (χ0v) is 7.25. The van der Waals surface area contributed by atoms with Crippen molar-refractivity contribution in [2.24, 2.45) is 0 Å². The predicted molar refractivity (Wildman–Crippen MR) is 19.2 cm³/mol. The van der Waals surface area contributed by atoms with Crippen molar-refractivity contribution in [3.8, 4) is 0 Å². The van der Waals surface area contributed by atoms with Gasteiger partial charge in [-0.3, -0.25) is 0 Å². The van der Waals surface area contributed by atoms with Gasteiger partial charge in [0, 0.05) is 0 Å². The summed E-state index contributed by atoms with van der Waals surface area (Å²) in [6, 6.07) is 0. The molecular weight excluding hydrogens is 303 g/mol. The second-order valence-corrected chi connectivity index (χ2v) is 6.83. The normalized spacial score (nSPS) is 21.2. The zero-order chi connectivity index (χ0) is 4.57. The third-order valence-corrected chi connectivity index (χ3v) is 4.22. The van der Waals surface area contributed by atoms with E-state index in [1.54, 1.807) is 0 Å². The Morgan fingerprint density at radius 2 is 2.17 bits per heavy atom. The molecule has 0 unspecified atom stereocenters. The molecule has 0 spiro atoms. The van der Waals surface area contributed by atoms with Gasteiger partial charge in [-0.05, 0) is 0 Å². The van der Waals surface area contributed by atoms with Crippen molar-refractivity contribution in [3.63, 3.8) is 0 Å². The molecule has 1 rings (SSSR count). The van der Waals surface area contributed by atoms with Gasteiger partial charge in [0.25, 0.3) is 0 Å². The Morgan fingerprint density at radius 3 is 2.17 bits per heavy atom. The summed E-state index contributed by atoms with van der Waals surface area (Å²) in [5, 5.41) is 0. The third-order valence-electron chi connectivity index (χ3n) is 0.327. The summed E-state index contributed by atoms with van der Waals surface area (Å²) in [6.45, 7) is 0. The Hall–Kier alpha value is 0.482. The summed E-state index contributed by atoms with van der Waals surface area (Å²) >= 11 is -2.47. The Balaban J connectivity index is 2.28. The van der Waals surface area contributed by atoms with Crippen LogP contribution in [0.5, 0.6) is 0 Å². The van der Waals surface area contributed by atoms with Crippen molar-refractivity contribution in [1.82, 2.24) is 0 Å². The molecule has 1 aliphatic heterocycles. The fourth-order valence-corrected chi connectivity index (χ4v) is 2.32. The molecule has 0 aliphatic carbocycles. The summed E-state index contributed by atoms with van der Waals surface area (Å²) in [5.74, 6) is 0. The summed E-state index contributed by atoms with van der Waals surface area (Å²) < 4.78 is 8.51. The number of hydrogen-bond donors (Lipinski definition) is 0. The molecule has 0 N–H and O–H groups in total. The number of carbonyl (C=O) groups is 1. The molecule has 0 aromatic rings. The fourth-order valence-electron chi connectivity index (χ4n) is 0.139. The van der Waals surface area contributed by atoms with Crippen LogP contribution < -0.4 is 0 Å². The molecule has 0 aromatic carbocycles. The van der Waals surface area contributed by atoms with Gasteiger partial charge in [-0.25, -0.2) is 0 Å². The first kappa shape index (κ1) is 4.64. The monoisotopic (exact) mass is 303 g/mol. The molecule has 3 nitrogen and oxygen atoms in total. The van der Waals surface area contributed by atoms with E-state index in [9.17, 15) is 4.79 Å². The molecular formula is CClO3Pb. The molecule has 1 saturated heterocycles. The summed E-state index contributed by atoms with van der Waals surface area (Å²) in [4.78, 5) is 9.63. The van der Waals surface area contributed by atoms with Gasteiger partial charge in [0.05, 0.1) is 0 Å². The summed E-state index contributed by atoms with van der Waals surface area (Å²) in [6.07, 6.45) is -0.604. The molecule has 1 radical (unpaired) electrons. The van der Waals surface area contributed by atoms with E-state index in [4.69, 9.17) is 8.32 Å². The average molecular weight is 303 g/mol. The van der Waals surface area contributed by atoms with Crippen molar-refractivity contribution in [1.29, 1.82) is 0 Å². The van der Waals surface area contributed by atoms with Crippen LogP contribution in [0.3, 0.4) is 0 Å². The van der Waals surface area contributed by atoms with Crippen LogP contribution in [0.4, 0.5) is 4.79 Å². The Morgan fingerprint density at radius 1 is 1.67 bits per heavy atom. The van der Waals surface area contributed by atoms with Crippen LogP contribution in [0.25, 0.3) is 0 Å². The fraction of sp³-hybridized carbons (Fsp3) is 0. The van der Waals surface area contributed by atoms with E-state index in [0.29, 0.717) is 0 Å². The molecule has 6 heavy (non-hydrogen) atoms. The summed E-state index contributed by atoms with van der Waals surface area (Å²) in [5.41, 5.74) is 0. The number of halogens is 1. The molecule has 1 aliphatic rings. The van der Waals surface area contributed by atoms with E-state index in [1.165, 1.54) is 0 Å². The zero-order valence-electron chi connectivity index (χ0n) is 2.60. The van der Waals surface area contributed by atoms with Crippen LogP contribution in [0, 0.1) is 0 Å². The molecule has 5 heteroatoms. The Bertz CT molecular complexity index is 74.9. The second kappa shape index (κ2) is 1.53. The van der Waals surface area contributed by atoms with Gasteiger partial charge in [0.1, 0.15) is 0 Å². The maximum absolute atomic E-state index is 9.63. The summed E-state index contributed by atoms with van der Waals surface area (Å²) in [7, 11) is 5.19. The Kier molecular flexibility index (Phi) is 1.18. The molecule has 0 saturated carbocycles. The van der Waals surface area contributed by atoms with Crippen molar-refractivity contribution in [3.05, 3.63) is 0 Å². The first-order valence-electron chi connectivity index (χ1n) is 1.21. The second-order valence-electron chi connectivity index (χ2n) is 0.692. The molecule has 1 heterocycles. The predicted octanol–water partition coefficient (Wildman–Crippen LogP) is 0.377. The van der Waals surface area contributed by atoms with Crippen LogP contribution in [0.1, 0.15) is 0 Å². The van der Waals surface area contributed by atoms with Crippen LogP contribution in [-0.4, -0.2) is 28.5 Å². The van der Waals surface area contributed by atoms with E-state index in [1.807, 2.05) is 0 Å². The van der Waals surface area contributed by atoms with Gasteiger partial charge in [0.15, 0.2) is 0 Å². The Labute approximate surface area is 47.1 Å². The first-order valence-corrected chi connectivity index (χ1v) is 9.17. The van der Waals surface area contributed by atoms with Crippen molar-refractivity contribution < 1.29 is 10.2 Å². The molecule has 0 atom stereocenters. The quantitative estimate of drug-likeness (QED) is 0.607. The minimum absolute atomic E-state index is 0.604. The van der Waals surface area contributed by atoms with Gasteiger partial charge in [-0.1, -0.05) is 0 Å². The van der Waals surface area contributed by atoms with E-state index >= 15 is 0 Å². The first-order chi connectivity index (χ1) is 2.79. The molecule has 0 aromatic heterocycles. The number of carbonyl (C=O) groups excluding carboxylic acids is 1. The molecule has 33 valence electrons. The van der Waals surface area contributed by atoms with Gasteiger partial charge in [-0.15, -0.1) is 0 Å². The third kappa shape index (κ3) is 0.755. The van der Waals surface area contributed by atoms with Gasteiger partial charge >= 0.3 is 47.0 Å². The van der Waals surface area contributed by atoms with Crippen molar-refractivity contribution in [2.45, 2.75) is 0 Å². The van der Waals surface area contributed by atoms with Crippen molar-refractivity contribution >= 4 is 36.9 Å². The van der Waals surface area contributed by atoms with Crippen LogP contribution in [-0.2, 0) is 5.37 Å². The van der Waals surface area contributed by atoms with E-state index in [-0.39, 0.29) is 0 Å². The van der Waals surface area contributed by atoms with E-state index in [2.05, 4.69) is 5.37 Å². The average Bonchev–Trinajstić information content (AvgIpc) is 1.33. The van der Waals surface area contributed by atoms with Gasteiger partial charge in [0.2, 0.25) is 0 Å². The molecule has 0 amide bonds. The van der Waals surface area contributed by atoms with Crippen molar-refractivity contribution in [2.75, 3.05) is 0 Å². The van der Waals surface area contributed by atoms with Gasteiger partial charge in [-0.2, -0.15) is 0 Å². The van der Waals surface area contributed by atoms with E-state index < -0.39 is 28.5 Å². The van der Waals surface area contributed by atoms with Crippen LogP contribution >= 0.6 is 8.32 Å². The van der Waals surface area contributed by atoms with Gasteiger partial charge < -0.3 is 0 Å². The number of rotatable bonds is 0. The minimum atomic E-state index is -2.47. The SMILES string of the molecule is O=C1[O][Pb]([Cl])[O]1. The standard InChI is InChI=1S/CH2O3.ClH.Pb/c2-1(3)4;;/h(H2,2,3,4);1H;/q;;+3/p-3. The van der Waals surface area contributed by atoms with Crippen LogP contribution in [0.2, 0.25) is 0 Å². The van der Waals surface area contributed by atoms with Crippen LogP contribution in [0.15, 0.2) is 0 Å². The van der Waals surface area contributed by atoms with E-state index in [0.717, 1.165) is 0 Å². The maximum atomic E-state index is 9.63. The number of hydrogen-bond acceptors (Lipinski definition) is 3. The topological polar surface area (TPSA) is 35.5 Å².